The number of likely N-dealkylation sites (tertiary alicyclic amines) is 2. The molecule has 3 heterocycles. The number of nitrogens with zero attached hydrogens (tertiary/aromatic N) is 2. The predicted octanol–water partition coefficient (Wildman–Crippen LogP) is 4.65. The molecule has 202 valence electrons. The average molecular weight is 545 g/mol. The highest BCUT2D eigenvalue weighted by atomic mass is 32.1. The molecule has 39 heavy (non-hydrogen) atoms. The van der Waals surface area contributed by atoms with Crippen molar-refractivity contribution in [2.45, 2.75) is 44.8 Å². The number of anilines is 1. The normalized spacial score (nSPS) is 19.2. The molecular weight excluding hydrogens is 512 g/mol. The molecular formula is C30H32N4O4S. The highest BCUT2D eigenvalue weighted by Gasteiger charge is 2.52. The molecule has 0 spiro atoms. The van der Waals surface area contributed by atoms with Crippen LogP contribution in [0.15, 0.2) is 72.1 Å². The van der Waals surface area contributed by atoms with E-state index in [0.29, 0.717) is 30.6 Å². The fourth-order valence-corrected chi connectivity index (χ4v) is 6.15. The lowest BCUT2D eigenvalue weighted by molar-refractivity contribution is -0.138. The van der Waals surface area contributed by atoms with Gasteiger partial charge in [-0.2, -0.15) is 0 Å². The Kier molecular flexibility index (Phi) is 7.79. The van der Waals surface area contributed by atoms with Crippen molar-refractivity contribution in [2.75, 3.05) is 18.4 Å². The second kappa shape index (κ2) is 11.4. The maximum absolute atomic E-state index is 13.8. The zero-order chi connectivity index (χ0) is 27.5. The van der Waals surface area contributed by atoms with E-state index in [1.165, 1.54) is 4.90 Å². The summed E-state index contributed by atoms with van der Waals surface area (Å²) in [6.07, 6.45) is 0.953. The van der Waals surface area contributed by atoms with E-state index in [2.05, 4.69) is 10.6 Å². The average Bonchev–Trinajstić information content (AvgIpc) is 3.68. The first-order valence-electron chi connectivity index (χ1n) is 13.2. The lowest BCUT2D eigenvalue weighted by Crippen LogP contribution is -2.53. The number of thiophene rings is 1. The van der Waals surface area contributed by atoms with E-state index < -0.39 is 12.1 Å². The van der Waals surface area contributed by atoms with E-state index in [4.69, 9.17) is 0 Å². The van der Waals surface area contributed by atoms with Gasteiger partial charge in [0, 0.05) is 22.7 Å². The van der Waals surface area contributed by atoms with Crippen LogP contribution in [0.25, 0.3) is 10.4 Å². The Hall–Kier alpha value is -3.98. The first-order chi connectivity index (χ1) is 18.8. The van der Waals surface area contributed by atoms with Gasteiger partial charge in [-0.05, 0) is 60.0 Å². The van der Waals surface area contributed by atoms with Crippen molar-refractivity contribution in [3.05, 3.63) is 77.7 Å². The van der Waals surface area contributed by atoms with E-state index in [1.54, 1.807) is 40.5 Å². The maximum atomic E-state index is 13.8. The van der Waals surface area contributed by atoms with Gasteiger partial charge in [-0.1, -0.05) is 50.2 Å². The van der Waals surface area contributed by atoms with Crippen LogP contribution in [-0.4, -0.2) is 64.6 Å². The van der Waals surface area contributed by atoms with Gasteiger partial charge in [0.15, 0.2) is 5.78 Å². The first-order valence-corrected chi connectivity index (χ1v) is 14.1. The molecule has 2 aliphatic heterocycles. The van der Waals surface area contributed by atoms with Gasteiger partial charge >= 0.3 is 6.03 Å². The number of Topliss-reactive ketones (excluding diaryl/α,β-unsaturated/α-hetero) is 1. The number of urea groups is 1. The Morgan fingerprint density at radius 1 is 0.974 bits per heavy atom. The zero-order valence-corrected chi connectivity index (χ0v) is 22.8. The van der Waals surface area contributed by atoms with Crippen molar-refractivity contribution in [1.82, 2.24) is 15.1 Å². The third kappa shape index (κ3) is 5.73. The number of hydrogen-bond donors (Lipinski definition) is 2. The molecule has 9 heteroatoms. The molecule has 2 aromatic carbocycles. The summed E-state index contributed by atoms with van der Waals surface area (Å²) >= 11 is 1.63. The summed E-state index contributed by atoms with van der Waals surface area (Å²) in [5.41, 5.74) is 2.14. The van der Waals surface area contributed by atoms with Crippen LogP contribution in [0.1, 0.15) is 37.0 Å². The molecule has 0 aliphatic carbocycles. The van der Waals surface area contributed by atoms with E-state index in [0.717, 1.165) is 10.4 Å². The van der Waals surface area contributed by atoms with Crippen molar-refractivity contribution in [2.24, 2.45) is 5.92 Å². The van der Waals surface area contributed by atoms with Gasteiger partial charge in [0.25, 0.3) is 5.91 Å². The molecule has 2 saturated heterocycles. The topological polar surface area (TPSA) is 98.8 Å². The number of carbonyl (C=O) groups is 4. The molecule has 0 saturated carbocycles. The summed E-state index contributed by atoms with van der Waals surface area (Å²) in [6, 6.07) is 18.2. The van der Waals surface area contributed by atoms with Crippen molar-refractivity contribution in [1.29, 1.82) is 0 Å². The molecule has 2 N–H and O–H groups in total. The molecule has 2 fully saturated rings. The Morgan fingerprint density at radius 2 is 1.72 bits per heavy atom. The quantitative estimate of drug-likeness (QED) is 0.453. The minimum Gasteiger partial charge on any atom is -0.340 e. The Balaban J connectivity index is 1.27. The Labute approximate surface area is 232 Å². The third-order valence-corrected chi connectivity index (χ3v) is 8.17. The Morgan fingerprint density at radius 3 is 2.38 bits per heavy atom. The number of amides is 4. The minimum absolute atomic E-state index is 0.0461. The summed E-state index contributed by atoms with van der Waals surface area (Å²) in [5.74, 6) is -0.623. The number of benzene rings is 2. The van der Waals surface area contributed by atoms with E-state index in [1.807, 2.05) is 61.7 Å². The van der Waals surface area contributed by atoms with Crippen LogP contribution >= 0.6 is 11.3 Å². The molecule has 8 nitrogen and oxygen atoms in total. The number of hydrogen-bond acceptors (Lipinski definition) is 5. The van der Waals surface area contributed by atoms with Gasteiger partial charge in [0.05, 0.1) is 12.6 Å². The lowest BCUT2D eigenvalue weighted by Gasteiger charge is -2.29. The summed E-state index contributed by atoms with van der Waals surface area (Å²) in [5, 5.41) is 7.77. The third-order valence-electron chi connectivity index (χ3n) is 7.25. The summed E-state index contributed by atoms with van der Waals surface area (Å²) in [6.45, 7) is 4.29. The van der Waals surface area contributed by atoms with Crippen LogP contribution < -0.4 is 10.6 Å². The molecule has 5 rings (SSSR count). The molecule has 2 aliphatic rings. The number of carbonyl (C=O) groups excluding carboxylic acids is 4. The molecule has 1 aromatic heterocycles. The molecule has 4 amide bonds. The van der Waals surface area contributed by atoms with Crippen LogP contribution in [0.4, 0.5) is 10.5 Å². The van der Waals surface area contributed by atoms with Crippen molar-refractivity contribution in [3.8, 4) is 10.4 Å². The summed E-state index contributed by atoms with van der Waals surface area (Å²) < 4.78 is 0. The fraction of sp³-hybridized carbons (Fsp3) is 0.333. The summed E-state index contributed by atoms with van der Waals surface area (Å²) in [7, 11) is 0. The summed E-state index contributed by atoms with van der Waals surface area (Å²) in [4.78, 5) is 57.1. The van der Waals surface area contributed by atoms with Gasteiger partial charge in [0.1, 0.15) is 12.1 Å². The predicted molar refractivity (Wildman–Crippen MR) is 152 cm³/mol. The van der Waals surface area contributed by atoms with Crippen LogP contribution in [0.2, 0.25) is 0 Å². The molecule has 0 radical (unpaired) electrons. The van der Waals surface area contributed by atoms with E-state index >= 15 is 0 Å². The number of para-hydroxylation sites is 1. The van der Waals surface area contributed by atoms with Crippen LogP contribution in [0.5, 0.6) is 0 Å². The lowest BCUT2D eigenvalue weighted by atomic mass is 10.0. The number of ketones is 1. The van der Waals surface area contributed by atoms with Crippen molar-refractivity contribution < 1.29 is 19.2 Å². The Bertz CT molecular complexity index is 1340. The number of fused-ring (bicyclic) bond motifs is 1. The minimum atomic E-state index is -0.770. The van der Waals surface area contributed by atoms with Gasteiger partial charge in [0.2, 0.25) is 5.91 Å². The smallest absolute Gasteiger partial charge is 0.322 e. The van der Waals surface area contributed by atoms with Crippen LogP contribution in [-0.2, 0) is 9.59 Å². The second-order valence-electron chi connectivity index (χ2n) is 10.4. The zero-order valence-electron chi connectivity index (χ0n) is 22.0. The maximum Gasteiger partial charge on any atom is 0.322 e. The molecule has 3 atom stereocenters. The fourth-order valence-electron chi connectivity index (χ4n) is 5.42. The first kappa shape index (κ1) is 26.6. The highest BCUT2D eigenvalue weighted by Crippen LogP contribution is 2.31. The van der Waals surface area contributed by atoms with Crippen LogP contribution in [0.3, 0.4) is 0 Å². The van der Waals surface area contributed by atoms with Gasteiger partial charge in [-0.25, -0.2) is 4.79 Å². The second-order valence-corrected chi connectivity index (χ2v) is 11.4. The van der Waals surface area contributed by atoms with E-state index in [-0.39, 0.29) is 42.1 Å². The standard InChI is InChI=1S/C30H32N4O4S/c1-19(2)17-23(32-28(36)21-12-10-20(11-13-21)26-9-6-16-39-26)29(37)33-15-14-24-27(33)25(35)18-34(24)30(38)31-22-7-4-3-5-8-22/h3-13,16,19,23-24,27H,14-15,17-18H2,1-2H3,(H,31,38)(H,32,36). The van der Waals surface area contributed by atoms with Crippen molar-refractivity contribution >= 4 is 40.7 Å². The number of nitrogens with one attached hydrogen (secondary N) is 2. The highest BCUT2D eigenvalue weighted by molar-refractivity contribution is 7.13. The molecule has 3 aromatic rings. The molecule has 3 unspecified atom stereocenters. The van der Waals surface area contributed by atoms with Crippen LogP contribution in [0, 0.1) is 5.92 Å². The monoisotopic (exact) mass is 544 g/mol. The number of rotatable bonds is 7. The van der Waals surface area contributed by atoms with Gasteiger partial charge in [-0.3, -0.25) is 14.4 Å². The van der Waals surface area contributed by atoms with Gasteiger partial charge in [-0.15, -0.1) is 11.3 Å². The van der Waals surface area contributed by atoms with Crippen molar-refractivity contribution in [3.63, 3.8) is 0 Å². The van der Waals surface area contributed by atoms with E-state index in [9.17, 15) is 19.2 Å². The van der Waals surface area contributed by atoms with Gasteiger partial charge < -0.3 is 20.4 Å². The SMILES string of the molecule is CC(C)CC(NC(=O)c1ccc(-c2cccs2)cc1)C(=O)N1CCC2C1C(=O)CN2C(=O)Nc1ccccc1. The largest absolute Gasteiger partial charge is 0.340 e. The molecule has 0 bridgehead atoms.